The number of carbonyl (C=O) groups excluding carboxylic acids is 1. The SMILES string of the molecule is [B]C1=CC(=O)c2cc(CC(C)(C)[Si](C)(C)O)ccc21. The van der Waals surface area contributed by atoms with Crippen LogP contribution < -0.4 is 0 Å². The summed E-state index contributed by atoms with van der Waals surface area (Å²) in [5.41, 5.74) is 3.13. The van der Waals surface area contributed by atoms with Crippen molar-refractivity contribution in [1.82, 2.24) is 0 Å². The quantitative estimate of drug-likeness (QED) is 0.857. The largest absolute Gasteiger partial charge is 0.432 e. The van der Waals surface area contributed by atoms with E-state index in [1.54, 1.807) is 0 Å². The smallest absolute Gasteiger partial charge is 0.188 e. The van der Waals surface area contributed by atoms with Gasteiger partial charge in [-0.2, -0.15) is 0 Å². The van der Waals surface area contributed by atoms with E-state index in [-0.39, 0.29) is 10.8 Å². The molecule has 0 atom stereocenters. The average molecular weight is 270 g/mol. The maximum atomic E-state index is 11.8. The zero-order chi connectivity index (χ0) is 14.4. The van der Waals surface area contributed by atoms with E-state index < -0.39 is 8.32 Å². The van der Waals surface area contributed by atoms with Gasteiger partial charge < -0.3 is 4.80 Å². The molecule has 2 nitrogen and oxygen atoms in total. The predicted molar refractivity (Wildman–Crippen MR) is 81.9 cm³/mol. The van der Waals surface area contributed by atoms with Gasteiger partial charge >= 0.3 is 0 Å². The Balaban J connectivity index is 2.31. The zero-order valence-electron chi connectivity index (χ0n) is 11.9. The molecule has 0 unspecified atom stereocenters. The number of hydrogen-bond acceptors (Lipinski definition) is 2. The van der Waals surface area contributed by atoms with Crippen molar-refractivity contribution in [1.29, 1.82) is 0 Å². The van der Waals surface area contributed by atoms with E-state index in [2.05, 4.69) is 13.8 Å². The van der Waals surface area contributed by atoms with Crippen LogP contribution in [0.1, 0.15) is 35.3 Å². The topological polar surface area (TPSA) is 37.3 Å². The predicted octanol–water partition coefficient (Wildman–Crippen LogP) is 2.91. The highest BCUT2D eigenvalue weighted by molar-refractivity contribution is 6.72. The molecular formula is C15H19BO2Si. The highest BCUT2D eigenvalue weighted by atomic mass is 28.4. The molecule has 1 aliphatic rings. The molecule has 1 N–H and O–H groups in total. The summed E-state index contributed by atoms with van der Waals surface area (Å²) in [4.78, 5) is 22.1. The van der Waals surface area contributed by atoms with Crippen LogP contribution in [-0.4, -0.2) is 26.7 Å². The minimum atomic E-state index is -2.25. The lowest BCUT2D eigenvalue weighted by Gasteiger charge is -2.35. The van der Waals surface area contributed by atoms with Gasteiger partial charge in [0.15, 0.2) is 14.1 Å². The second-order valence-electron chi connectivity index (χ2n) is 6.46. The first-order chi connectivity index (χ1) is 8.62. The van der Waals surface area contributed by atoms with Gasteiger partial charge in [0.05, 0.1) is 0 Å². The average Bonchev–Trinajstić information content (AvgIpc) is 2.52. The Bertz CT molecular complexity index is 568. The molecule has 0 saturated carbocycles. The molecule has 1 aromatic carbocycles. The van der Waals surface area contributed by atoms with E-state index in [0.29, 0.717) is 11.0 Å². The zero-order valence-corrected chi connectivity index (χ0v) is 12.9. The summed E-state index contributed by atoms with van der Waals surface area (Å²) < 4.78 is 0. The first kappa shape index (κ1) is 14.3. The standard InChI is InChI=1S/C15H19BO2Si/c1-15(2,19(3,4)18)9-10-5-6-11-12(7-10)14(17)8-13(11)16/h5-8,18H,9H2,1-4H3. The number of hydrogen-bond donors (Lipinski definition) is 1. The lowest BCUT2D eigenvalue weighted by atomic mass is 9.89. The summed E-state index contributed by atoms with van der Waals surface area (Å²) in [6.45, 7) is 8.07. The monoisotopic (exact) mass is 270 g/mol. The molecule has 0 heterocycles. The highest BCUT2D eigenvalue weighted by Crippen LogP contribution is 2.39. The van der Waals surface area contributed by atoms with Gasteiger partial charge in [-0.05, 0) is 47.8 Å². The van der Waals surface area contributed by atoms with Gasteiger partial charge in [0.1, 0.15) is 7.85 Å². The lowest BCUT2D eigenvalue weighted by molar-refractivity contribution is 0.105. The summed E-state index contributed by atoms with van der Waals surface area (Å²) >= 11 is 0. The fourth-order valence-corrected chi connectivity index (χ4v) is 2.82. The van der Waals surface area contributed by atoms with Gasteiger partial charge in [-0.1, -0.05) is 31.5 Å². The molecule has 0 fully saturated rings. The van der Waals surface area contributed by atoms with E-state index in [1.165, 1.54) is 6.08 Å². The van der Waals surface area contributed by atoms with Crippen molar-refractivity contribution in [2.24, 2.45) is 0 Å². The van der Waals surface area contributed by atoms with Gasteiger partial charge in [-0.25, -0.2) is 0 Å². The maximum absolute atomic E-state index is 11.8. The van der Waals surface area contributed by atoms with Crippen LogP contribution in [0.4, 0.5) is 0 Å². The Hall–Kier alpha value is -1.13. The number of rotatable bonds is 3. The van der Waals surface area contributed by atoms with Gasteiger partial charge in [-0.15, -0.1) is 0 Å². The highest BCUT2D eigenvalue weighted by Gasteiger charge is 2.38. The third-order valence-corrected chi connectivity index (χ3v) is 7.74. The third kappa shape index (κ3) is 2.60. The van der Waals surface area contributed by atoms with Crippen molar-refractivity contribution in [3.05, 3.63) is 41.0 Å². The molecule has 19 heavy (non-hydrogen) atoms. The van der Waals surface area contributed by atoms with Crippen LogP contribution in [-0.2, 0) is 6.42 Å². The van der Waals surface area contributed by atoms with Crippen molar-refractivity contribution in [3.63, 3.8) is 0 Å². The van der Waals surface area contributed by atoms with Crippen LogP contribution >= 0.6 is 0 Å². The molecule has 1 aromatic rings. The Labute approximate surface area is 117 Å². The van der Waals surface area contributed by atoms with Gasteiger partial charge in [0, 0.05) is 5.56 Å². The van der Waals surface area contributed by atoms with Crippen molar-refractivity contribution >= 4 is 27.4 Å². The lowest BCUT2D eigenvalue weighted by Crippen LogP contribution is -2.40. The summed E-state index contributed by atoms with van der Waals surface area (Å²) in [5.74, 6) is -0.0207. The van der Waals surface area contributed by atoms with Crippen LogP contribution in [0.3, 0.4) is 0 Å². The normalized spacial score (nSPS) is 15.4. The first-order valence-electron chi connectivity index (χ1n) is 6.49. The molecule has 98 valence electrons. The van der Waals surface area contributed by atoms with Crippen molar-refractivity contribution in [2.75, 3.05) is 0 Å². The Morgan fingerprint density at radius 2 is 1.89 bits per heavy atom. The van der Waals surface area contributed by atoms with Crippen LogP contribution in [0, 0.1) is 0 Å². The van der Waals surface area contributed by atoms with Crippen molar-refractivity contribution < 1.29 is 9.59 Å². The van der Waals surface area contributed by atoms with Gasteiger partial charge in [-0.3, -0.25) is 4.79 Å². The molecule has 2 radical (unpaired) electrons. The van der Waals surface area contributed by atoms with Crippen LogP contribution in [0.15, 0.2) is 24.3 Å². The second-order valence-corrected chi connectivity index (χ2v) is 10.9. The summed E-state index contributed by atoms with van der Waals surface area (Å²) in [7, 11) is 3.54. The molecule has 1 aliphatic carbocycles. The van der Waals surface area contributed by atoms with E-state index in [9.17, 15) is 9.59 Å². The third-order valence-electron chi connectivity index (χ3n) is 4.25. The molecule has 0 saturated heterocycles. The van der Waals surface area contributed by atoms with Crippen LogP contribution in [0.25, 0.3) is 5.47 Å². The Morgan fingerprint density at radius 3 is 2.47 bits per heavy atom. The van der Waals surface area contributed by atoms with Gasteiger partial charge in [0.25, 0.3) is 0 Å². The first-order valence-corrected chi connectivity index (χ1v) is 9.44. The summed E-state index contributed by atoms with van der Waals surface area (Å²) in [6, 6.07) is 5.82. The Kier molecular flexibility index (Phi) is 3.35. The number of fused-ring (bicyclic) bond motifs is 1. The molecule has 4 heteroatoms. The Morgan fingerprint density at radius 1 is 1.26 bits per heavy atom. The molecular weight excluding hydrogens is 251 g/mol. The number of benzene rings is 1. The minimum Gasteiger partial charge on any atom is -0.432 e. The number of allylic oxidation sites excluding steroid dienone is 1. The molecule has 0 bridgehead atoms. The molecule has 0 spiro atoms. The second kappa shape index (κ2) is 4.46. The van der Waals surface area contributed by atoms with E-state index in [4.69, 9.17) is 7.85 Å². The number of carbonyl (C=O) groups is 1. The van der Waals surface area contributed by atoms with Crippen LogP contribution in [0.5, 0.6) is 0 Å². The molecule has 0 aliphatic heterocycles. The van der Waals surface area contributed by atoms with Crippen molar-refractivity contribution in [2.45, 2.75) is 38.4 Å². The fraction of sp³-hybridized carbons (Fsp3) is 0.400. The molecule has 2 rings (SSSR count). The molecule has 0 aromatic heterocycles. The summed E-state index contributed by atoms with van der Waals surface area (Å²) in [6.07, 6.45) is 2.24. The maximum Gasteiger partial charge on any atom is 0.188 e. The minimum absolute atomic E-state index is 0.0207. The number of ketones is 1. The van der Waals surface area contributed by atoms with E-state index >= 15 is 0 Å². The van der Waals surface area contributed by atoms with E-state index in [1.807, 2.05) is 31.3 Å². The molecule has 0 amide bonds. The fourth-order valence-electron chi connectivity index (χ4n) is 2.18. The van der Waals surface area contributed by atoms with E-state index in [0.717, 1.165) is 17.5 Å². The van der Waals surface area contributed by atoms with Crippen LogP contribution in [0.2, 0.25) is 18.1 Å². The summed E-state index contributed by atoms with van der Waals surface area (Å²) in [5, 5.41) is -0.137. The van der Waals surface area contributed by atoms with Gasteiger partial charge in [0.2, 0.25) is 0 Å². The van der Waals surface area contributed by atoms with Crippen molar-refractivity contribution in [3.8, 4) is 0 Å².